The zero-order valence-corrected chi connectivity index (χ0v) is 13.0. The summed E-state index contributed by atoms with van der Waals surface area (Å²) in [6, 6.07) is 8.09. The zero-order chi connectivity index (χ0) is 15.6. The van der Waals surface area contributed by atoms with Gasteiger partial charge in [0, 0.05) is 5.56 Å². The van der Waals surface area contributed by atoms with Crippen LogP contribution < -0.4 is 16.0 Å². The van der Waals surface area contributed by atoms with Gasteiger partial charge in [-0.3, -0.25) is 5.84 Å². The number of hydrogen-bond acceptors (Lipinski definition) is 3. The normalized spacial score (nSPS) is 12.3. The average molecular weight is 309 g/mol. The van der Waals surface area contributed by atoms with Crippen molar-refractivity contribution >= 4 is 11.6 Å². The van der Waals surface area contributed by atoms with Gasteiger partial charge in [-0.2, -0.15) is 0 Å². The number of halogens is 2. The Kier molecular flexibility index (Phi) is 4.83. The van der Waals surface area contributed by atoms with Gasteiger partial charge in [0.2, 0.25) is 0 Å². The third kappa shape index (κ3) is 2.88. The van der Waals surface area contributed by atoms with E-state index in [9.17, 15) is 4.39 Å². The second-order valence-electron chi connectivity index (χ2n) is 4.87. The third-order valence-electron chi connectivity index (χ3n) is 3.68. The third-order valence-corrected chi connectivity index (χ3v) is 4.08. The first-order valence-corrected chi connectivity index (χ1v) is 6.93. The van der Waals surface area contributed by atoms with Crippen LogP contribution >= 0.6 is 11.6 Å². The molecule has 112 valence electrons. The number of aryl methyl sites for hydroxylation is 1. The van der Waals surface area contributed by atoms with Crippen LogP contribution in [0.5, 0.6) is 5.75 Å². The Morgan fingerprint density at radius 3 is 2.52 bits per heavy atom. The molecule has 2 aromatic carbocycles. The molecule has 0 bridgehead atoms. The zero-order valence-electron chi connectivity index (χ0n) is 12.2. The molecule has 0 aliphatic carbocycles. The SMILES string of the molecule is COc1c(C(NN)c2cccc(F)c2Cl)ccc(C)c1C. The smallest absolute Gasteiger partial charge is 0.142 e. The van der Waals surface area contributed by atoms with Crippen molar-refractivity contribution < 1.29 is 9.13 Å². The summed E-state index contributed by atoms with van der Waals surface area (Å²) in [5, 5.41) is 0.0562. The summed E-state index contributed by atoms with van der Waals surface area (Å²) < 4.78 is 19.2. The molecule has 0 fully saturated rings. The van der Waals surface area contributed by atoms with Crippen molar-refractivity contribution in [2.45, 2.75) is 19.9 Å². The summed E-state index contributed by atoms with van der Waals surface area (Å²) in [5.74, 6) is 5.93. The molecule has 0 aliphatic rings. The van der Waals surface area contributed by atoms with Crippen LogP contribution in [-0.2, 0) is 0 Å². The van der Waals surface area contributed by atoms with E-state index in [1.165, 1.54) is 6.07 Å². The molecule has 3 nitrogen and oxygen atoms in total. The van der Waals surface area contributed by atoms with Crippen LogP contribution in [0, 0.1) is 19.7 Å². The number of benzene rings is 2. The largest absolute Gasteiger partial charge is 0.496 e. The van der Waals surface area contributed by atoms with E-state index in [1.807, 2.05) is 26.0 Å². The van der Waals surface area contributed by atoms with Crippen LogP contribution in [0.2, 0.25) is 5.02 Å². The molecule has 0 spiro atoms. The lowest BCUT2D eigenvalue weighted by Gasteiger charge is -2.22. The summed E-state index contributed by atoms with van der Waals surface area (Å²) >= 11 is 6.07. The molecular weight excluding hydrogens is 291 g/mol. The lowest BCUT2D eigenvalue weighted by atomic mass is 9.94. The average Bonchev–Trinajstić information content (AvgIpc) is 2.48. The first kappa shape index (κ1) is 15.8. The number of rotatable bonds is 4. The maximum Gasteiger partial charge on any atom is 0.142 e. The van der Waals surface area contributed by atoms with E-state index in [-0.39, 0.29) is 5.02 Å². The van der Waals surface area contributed by atoms with E-state index >= 15 is 0 Å². The van der Waals surface area contributed by atoms with Gasteiger partial charge in [0.1, 0.15) is 11.6 Å². The maximum atomic E-state index is 13.7. The predicted octanol–water partition coefficient (Wildman–Crippen LogP) is 3.66. The topological polar surface area (TPSA) is 47.3 Å². The number of nitrogens with one attached hydrogen (secondary N) is 1. The summed E-state index contributed by atoms with van der Waals surface area (Å²) in [4.78, 5) is 0. The highest BCUT2D eigenvalue weighted by Gasteiger charge is 2.22. The van der Waals surface area contributed by atoms with Crippen molar-refractivity contribution in [2.75, 3.05) is 7.11 Å². The number of hydrazine groups is 1. The molecule has 0 radical (unpaired) electrons. The minimum atomic E-state index is -0.475. The monoisotopic (exact) mass is 308 g/mol. The Bertz CT molecular complexity index is 661. The van der Waals surface area contributed by atoms with Crippen LogP contribution in [0.25, 0.3) is 0 Å². The Morgan fingerprint density at radius 1 is 1.19 bits per heavy atom. The Morgan fingerprint density at radius 2 is 1.90 bits per heavy atom. The van der Waals surface area contributed by atoms with Gasteiger partial charge in [0.05, 0.1) is 18.2 Å². The van der Waals surface area contributed by atoms with Gasteiger partial charge in [-0.15, -0.1) is 0 Å². The minimum Gasteiger partial charge on any atom is -0.496 e. The molecule has 3 N–H and O–H groups in total. The minimum absolute atomic E-state index is 0.0562. The van der Waals surface area contributed by atoms with Gasteiger partial charge < -0.3 is 4.74 Å². The van der Waals surface area contributed by atoms with E-state index in [0.717, 1.165) is 22.4 Å². The molecule has 0 amide bonds. The Hall–Kier alpha value is -1.62. The molecule has 1 atom stereocenters. The Labute approximate surface area is 128 Å². The van der Waals surface area contributed by atoms with Crippen LogP contribution in [-0.4, -0.2) is 7.11 Å². The van der Waals surface area contributed by atoms with Crippen molar-refractivity contribution in [3.8, 4) is 5.75 Å². The van der Waals surface area contributed by atoms with Gasteiger partial charge in [0.15, 0.2) is 0 Å². The highest BCUT2D eigenvalue weighted by atomic mass is 35.5. The van der Waals surface area contributed by atoms with E-state index in [0.29, 0.717) is 5.56 Å². The molecule has 5 heteroatoms. The van der Waals surface area contributed by atoms with E-state index in [2.05, 4.69) is 5.43 Å². The van der Waals surface area contributed by atoms with Gasteiger partial charge in [-0.25, -0.2) is 9.82 Å². The second-order valence-corrected chi connectivity index (χ2v) is 5.25. The molecule has 0 aliphatic heterocycles. The first-order valence-electron chi connectivity index (χ1n) is 6.55. The molecule has 0 saturated carbocycles. The molecule has 2 rings (SSSR count). The molecular formula is C16H18ClFN2O. The lowest BCUT2D eigenvalue weighted by Crippen LogP contribution is -2.29. The van der Waals surface area contributed by atoms with Crippen LogP contribution in [0.4, 0.5) is 4.39 Å². The van der Waals surface area contributed by atoms with Gasteiger partial charge in [0.25, 0.3) is 0 Å². The second kappa shape index (κ2) is 6.43. The predicted molar refractivity (Wildman–Crippen MR) is 83.0 cm³/mol. The number of nitrogens with two attached hydrogens (primary N) is 1. The van der Waals surface area contributed by atoms with Gasteiger partial charge >= 0.3 is 0 Å². The molecule has 2 aromatic rings. The van der Waals surface area contributed by atoms with Crippen molar-refractivity contribution in [1.29, 1.82) is 0 Å². The molecule has 0 aromatic heterocycles. The van der Waals surface area contributed by atoms with Crippen molar-refractivity contribution in [2.24, 2.45) is 5.84 Å². The molecule has 21 heavy (non-hydrogen) atoms. The highest BCUT2D eigenvalue weighted by molar-refractivity contribution is 6.31. The molecule has 0 heterocycles. The van der Waals surface area contributed by atoms with Crippen LogP contribution in [0.1, 0.15) is 28.3 Å². The molecule has 0 saturated heterocycles. The van der Waals surface area contributed by atoms with Gasteiger partial charge in [-0.1, -0.05) is 35.9 Å². The fourth-order valence-corrected chi connectivity index (χ4v) is 2.63. The fraction of sp³-hybridized carbons (Fsp3) is 0.250. The van der Waals surface area contributed by atoms with E-state index in [4.69, 9.17) is 22.2 Å². The molecule has 1 unspecified atom stereocenters. The quantitative estimate of drug-likeness (QED) is 0.669. The van der Waals surface area contributed by atoms with Crippen molar-refractivity contribution in [3.63, 3.8) is 0 Å². The number of hydrogen-bond donors (Lipinski definition) is 2. The van der Waals surface area contributed by atoms with Crippen molar-refractivity contribution in [1.82, 2.24) is 5.43 Å². The lowest BCUT2D eigenvalue weighted by molar-refractivity contribution is 0.400. The number of methoxy groups -OCH3 is 1. The summed E-state index contributed by atoms with van der Waals surface area (Å²) in [5.41, 5.74) is 6.20. The first-order chi connectivity index (χ1) is 10.0. The summed E-state index contributed by atoms with van der Waals surface area (Å²) in [7, 11) is 1.60. The van der Waals surface area contributed by atoms with Crippen molar-refractivity contribution in [3.05, 3.63) is 63.4 Å². The number of ether oxygens (including phenoxy) is 1. The van der Waals surface area contributed by atoms with Crippen LogP contribution in [0.15, 0.2) is 30.3 Å². The van der Waals surface area contributed by atoms with E-state index in [1.54, 1.807) is 19.2 Å². The summed E-state index contributed by atoms with van der Waals surface area (Å²) in [6.45, 7) is 3.97. The standard InChI is InChI=1S/C16H18ClFN2O/c1-9-7-8-12(16(21-3)10(9)2)15(20-19)11-5-4-6-13(18)14(11)17/h4-8,15,20H,19H2,1-3H3. The maximum absolute atomic E-state index is 13.7. The van der Waals surface area contributed by atoms with Crippen LogP contribution in [0.3, 0.4) is 0 Å². The summed E-state index contributed by atoms with van der Waals surface area (Å²) in [6.07, 6.45) is 0. The van der Waals surface area contributed by atoms with Gasteiger partial charge in [-0.05, 0) is 36.6 Å². The Balaban J connectivity index is 2.62. The highest BCUT2D eigenvalue weighted by Crippen LogP contribution is 2.36. The van der Waals surface area contributed by atoms with E-state index < -0.39 is 11.9 Å². The fourth-order valence-electron chi connectivity index (χ4n) is 2.40.